The van der Waals surface area contributed by atoms with Crippen LogP contribution < -0.4 is 0 Å². The summed E-state index contributed by atoms with van der Waals surface area (Å²) in [5, 5.41) is 0. The minimum absolute atomic E-state index is 1.18. The Morgan fingerprint density at radius 1 is 1.86 bits per heavy atom. The van der Waals surface area contributed by atoms with Gasteiger partial charge < -0.3 is 0 Å². The first-order valence-electron chi connectivity index (χ1n) is 2.28. The molecule has 2 heteroatoms. The quantitative estimate of drug-likeness (QED) is 0.677. The van der Waals surface area contributed by atoms with Crippen LogP contribution in [0.2, 0.25) is 0 Å². The van der Waals surface area contributed by atoms with E-state index in [2.05, 4.69) is 51.5 Å². The average Bonchev–Trinajstić information content (AvgIpc) is 1.61. The highest BCUT2D eigenvalue weighted by atomic mass is 127. The third-order valence-corrected chi connectivity index (χ3v) is 1.35. The van der Waals surface area contributed by atoms with Crippen molar-refractivity contribution in [3.8, 4) is 0 Å². The first kappa shape index (κ1) is 7.95. The molecule has 0 aromatic rings. The Morgan fingerprint density at radius 3 is 2.57 bits per heavy atom. The Hall–Kier alpha value is 0.950. The van der Waals surface area contributed by atoms with Crippen molar-refractivity contribution in [3.63, 3.8) is 0 Å². The summed E-state index contributed by atoms with van der Waals surface area (Å²) in [6.07, 6.45) is 4.59. The number of hydrogen-bond donors (Lipinski definition) is 0. The van der Waals surface area contributed by atoms with E-state index in [-0.39, 0.29) is 0 Å². The molecule has 0 aliphatic rings. The van der Waals surface area contributed by atoms with Gasteiger partial charge in [-0.05, 0) is 44.9 Å². The third kappa shape index (κ3) is 6.95. The van der Waals surface area contributed by atoms with E-state index in [1.54, 1.807) is 0 Å². The van der Waals surface area contributed by atoms with Crippen LogP contribution in [-0.2, 0) is 0 Å². The second kappa shape index (κ2) is 5.09. The van der Waals surface area contributed by atoms with E-state index < -0.39 is 0 Å². The van der Waals surface area contributed by atoms with Crippen molar-refractivity contribution < 1.29 is 0 Å². The van der Waals surface area contributed by atoms with Crippen LogP contribution in [0.25, 0.3) is 0 Å². The van der Waals surface area contributed by atoms with Gasteiger partial charge in [0.05, 0.1) is 2.49 Å². The Bertz CT molecular complexity index is 64.5. The largest absolute Gasteiger partial charge is 0.0651 e. The first-order chi connectivity index (χ1) is 3.27. The van der Waals surface area contributed by atoms with Gasteiger partial charge in [-0.3, -0.25) is 0 Å². The van der Waals surface area contributed by atoms with Crippen LogP contribution in [0.15, 0.2) is 8.57 Å². The highest BCUT2D eigenvalue weighted by Gasteiger charge is 1.77. The zero-order chi connectivity index (χ0) is 5.70. The van der Waals surface area contributed by atoms with E-state index in [1.807, 2.05) is 0 Å². The molecule has 0 nitrogen and oxygen atoms in total. The maximum Gasteiger partial charge on any atom is 0.0519 e. The lowest BCUT2D eigenvalue weighted by atomic mass is 10.3. The molecular formula is C5H8BrI. The van der Waals surface area contributed by atoms with Gasteiger partial charge in [-0.25, -0.2) is 0 Å². The maximum atomic E-state index is 3.32. The third-order valence-electron chi connectivity index (χ3n) is 0.587. The molecule has 0 bridgehead atoms. The molecule has 0 saturated carbocycles. The SMILES string of the molecule is CCC/C=C(\Br)I. The van der Waals surface area contributed by atoms with Crippen molar-refractivity contribution in [1.29, 1.82) is 0 Å². The summed E-state index contributed by atoms with van der Waals surface area (Å²) in [6.45, 7) is 2.17. The molecule has 0 aromatic carbocycles. The van der Waals surface area contributed by atoms with Gasteiger partial charge in [-0.15, -0.1) is 0 Å². The molecular weight excluding hydrogens is 267 g/mol. The smallest absolute Gasteiger partial charge is 0.0519 e. The van der Waals surface area contributed by atoms with Gasteiger partial charge in [0, 0.05) is 0 Å². The minimum Gasteiger partial charge on any atom is -0.0651 e. The zero-order valence-corrected chi connectivity index (χ0v) is 7.99. The molecule has 0 saturated heterocycles. The summed E-state index contributed by atoms with van der Waals surface area (Å²) in [7, 11) is 0. The number of unbranched alkanes of at least 4 members (excludes halogenated alkanes) is 1. The molecule has 0 N–H and O–H groups in total. The minimum atomic E-state index is 1.18. The van der Waals surface area contributed by atoms with Gasteiger partial charge in [-0.2, -0.15) is 0 Å². The molecule has 0 rings (SSSR count). The summed E-state index contributed by atoms with van der Waals surface area (Å²) in [6, 6.07) is 0. The summed E-state index contributed by atoms with van der Waals surface area (Å²) in [4.78, 5) is 0. The Labute approximate surface area is 66.6 Å². The van der Waals surface area contributed by atoms with Crippen molar-refractivity contribution in [2.45, 2.75) is 19.8 Å². The average molecular weight is 275 g/mol. The van der Waals surface area contributed by atoms with Crippen molar-refractivity contribution in [3.05, 3.63) is 8.57 Å². The fourth-order valence-electron chi connectivity index (χ4n) is 0.253. The van der Waals surface area contributed by atoms with Gasteiger partial charge in [-0.1, -0.05) is 19.4 Å². The van der Waals surface area contributed by atoms with E-state index in [0.29, 0.717) is 0 Å². The first-order valence-corrected chi connectivity index (χ1v) is 4.15. The topological polar surface area (TPSA) is 0 Å². The lowest BCUT2D eigenvalue weighted by Gasteiger charge is -1.81. The molecule has 0 unspecified atom stereocenters. The van der Waals surface area contributed by atoms with E-state index in [1.165, 1.54) is 15.3 Å². The molecule has 0 fully saturated rings. The van der Waals surface area contributed by atoms with Crippen LogP contribution in [0.5, 0.6) is 0 Å². The molecule has 0 atom stereocenters. The molecule has 0 radical (unpaired) electrons. The second-order valence-electron chi connectivity index (χ2n) is 1.28. The molecule has 0 heterocycles. The predicted octanol–water partition coefficient (Wildman–Crippen LogP) is 3.46. The van der Waals surface area contributed by atoms with E-state index in [0.717, 1.165) is 0 Å². The van der Waals surface area contributed by atoms with Crippen LogP contribution in [0.1, 0.15) is 19.8 Å². The lowest BCUT2D eigenvalue weighted by molar-refractivity contribution is 0.960. The number of hydrogen-bond acceptors (Lipinski definition) is 0. The number of halogens is 2. The van der Waals surface area contributed by atoms with Gasteiger partial charge >= 0.3 is 0 Å². The number of rotatable bonds is 2. The fourth-order valence-corrected chi connectivity index (χ4v) is 0.794. The van der Waals surface area contributed by atoms with Crippen LogP contribution in [-0.4, -0.2) is 0 Å². The maximum absolute atomic E-state index is 3.32. The highest BCUT2D eigenvalue weighted by molar-refractivity contribution is 14.1. The van der Waals surface area contributed by atoms with Crippen LogP contribution in [0.3, 0.4) is 0 Å². The van der Waals surface area contributed by atoms with Gasteiger partial charge in [0.25, 0.3) is 0 Å². The van der Waals surface area contributed by atoms with E-state index in [9.17, 15) is 0 Å². The predicted molar refractivity (Wildman–Crippen MR) is 45.9 cm³/mol. The lowest BCUT2D eigenvalue weighted by Crippen LogP contribution is -1.58. The fraction of sp³-hybridized carbons (Fsp3) is 0.600. The van der Waals surface area contributed by atoms with E-state index >= 15 is 0 Å². The molecule has 0 spiro atoms. The van der Waals surface area contributed by atoms with Crippen LogP contribution >= 0.6 is 38.5 Å². The summed E-state index contributed by atoms with van der Waals surface area (Å²) in [5.74, 6) is 0. The van der Waals surface area contributed by atoms with Gasteiger partial charge in [0.1, 0.15) is 0 Å². The molecule has 0 amide bonds. The normalized spacial score (nSPS) is 12.1. The Kier molecular flexibility index (Phi) is 5.79. The van der Waals surface area contributed by atoms with Crippen molar-refractivity contribution >= 4 is 38.5 Å². The van der Waals surface area contributed by atoms with Crippen molar-refractivity contribution in [1.82, 2.24) is 0 Å². The molecule has 7 heavy (non-hydrogen) atoms. The Morgan fingerprint density at radius 2 is 2.43 bits per heavy atom. The van der Waals surface area contributed by atoms with Crippen molar-refractivity contribution in [2.24, 2.45) is 0 Å². The van der Waals surface area contributed by atoms with E-state index in [4.69, 9.17) is 0 Å². The summed E-state index contributed by atoms with van der Waals surface area (Å²) < 4.78 is 1.21. The van der Waals surface area contributed by atoms with Gasteiger partial charge in [0.15, 0.2) is 0 Å². The van der Waals surface area contributed by atoms with Crippen LogP contribution in [0.4, 0.5) is 0 Å². The number of allylic oxidation sites excluding steroid dienone is 1. The zero-order valence-electron chi connectivity index (χ0n) is 4.25. The molecule has 42 valence electrons. The standard InChI is InChI=1S/C5H8BrI/c1-2-3-4-5(6)7/h4H,2-3H2,1H3/b5-4+. The second-order valence-corrected chi connectivity index (χ2v) is 4.78. The van der Waals surface area contributed by atoms with Crippen molar-refractivity contribution in [2.75, 3.05) is 0 Å². The van der Waals surface area contributed by atoms with Crippen LogP contribution in [0, 0.1) is 0 Å². The monoisotopic (exact) mass is 274 g/mol. The molecule has 0 aliphatic carbocycles. The summed E-state index contributed by atoms with van der Waals surface area (Å²) in [5.41, 5.74) is 0. The van der Waals surface area contributed by atoms with Gasteiger partial charge in [0.2, 0.25) is 0 Å². The molecule has 0 aliphatic heterocycles. The summed E-state index contributed by atoms with van der Waals surface area (Å²) >= 11 is 5.57. The Balaban J connectivity index is 3.08. The molecule has 0 aromatic heterocycles. The highest BCUT2D eigenvalue weighted by Crippen LogP contribution is 2.14.